The van der Waals surface area contributed by atoms with Gasteiger partial charge in [0, 0.05) is 77.2 Å². The van der Waals surface area contributed by atoms with Crippen molar-refractivity contribution in [2.24, 2.45) is 10.9 Å². The van der Waals surface area contributed by atoms with E-state index in [1.165, 1.54) is 0 Å². The molecule has 3 rings (SSSR count). The van der Waals surface area contributed by atoms with Crippen LogP contribution in [0.25, 0.3) is 0 Å². The van der Waals surface area contributed by atoms with Gasteiger partial charge in [0.2, 0.25) is 11.9 Å². The van der Waals surface area contributed by atoms with Crippen LogP contribution in [0.3, 0.4) is 0 Å². The molecular weight excluding hydrogens is 368 g/mol. The van der Waals surface area contributed by atoms with E-state index in [1.807, 2.05) is 6.07 Å². The Bertz CT molecular complexity index is 641. The molecule has 0 atom stereocenters. The molecule has 1 aliphatic carbocycles. The lowest BCUT2D eigenvalue weighted by atomic mass is 10.3. The molecule has 2 fully saturated rings. The number of nitrogens with zero attached hydrogens (tertiary/aromatic N) is 5. The van der Waals surface area contributed by atoms with E-state index in [4.69, 9.17) is 0 Å². The minimum Gasteiger partial charge on any atom is -0.357 e. The van der Waals surface area contributed by atoms with Crippen molar-refractivity contribution in [1.29, 1.82) is 0 Å². The Morgan fingerprint density at radius 2 is 1.83 bits per heavy atom. The Morgan fingerprint density at radius 1 is 1.10 bits per heavy atom. The van der Waals surface area contributed by atoms with Crippen molar-refractivity contribution in [3.63, 3.8) is 0 Å². The second-order valence-electron chi connectivity index (χ2n) is 7.48. The fourth-order valence-corrected chi connectivity index (χ4v) is 3.31. The van der Waals surface area contributed by atoms with E-state index in [2.05, 4.69) is 47.6 Å². The molecule has 0 radical (unpaired) electrons. The van der Waals surface area contributed by atoms with Crippen molar-refractivity contribution in [3.8, 4) is 0 Å². The van der Waals surface area contributed by atoms with E-state index in [1.54, 1.807) is 12.4 Å². The number of nitrogens with one attached hydrogen (secondary N) is 3. The summed E-state index contributed by atoms with van der Waals surface area (Å²) in [4.78, 5) is 29.7. The molecule has 0 spiro atoms. The molecule has 2 heterocycles. The average Bonchev–Trinajstić information content (AvgIpc) is 3.60. The molecule has 0 aromatic carbocycles. The predicted octanol–water partition coefficient (Wildman–Crippen LogP) is 0.0700. The number of carbonyl (C=O) groups excluding carboxylic acids is 1. The Kier molecular flexibility index (Phi) is 8.48. The maximum Gasteiger partial charge on any atom is 0.225 e. The van der Waals surface area contributed by atoms with Gasteiger partial charge in [0.25, 0.3) is 0 Å². The molecule has 1 aliphatic heterocycles. The van der Waals surface area contributed by atoms with Gasteiger partial charge in [-0.05, 0) is 32.3 Å². The van der Waals surface area contributed by atoms with E-state index >= 15 is 0 Å². The van der Waals surface area contributed by atoms with Crippen molar-refractivity contribution in [1.82, 2.24) is 30.8 Å². The van der Waals surface area contributed by atoms with Crippen molar-refractivity contribution >= 4 is 17.8 Å². The average molecular weight is 403 g/mol. The van der Waals surface area contributed by atoms with Crippen LogP contribution in [0.1, 0.15) is 26.2 Å². The topological polar surface area (TPSA) is 97.8 Å². The second kappa shape index (κ2) is 11.5. The third-order valence-corrected chi connectivity index (χ3v) is 5.12. The molecule has 0 bridgehead atoms. The first-order valence-corrected chi connectivity index (χ1v) is 10.8. The Labute approximate surface area is 173 Å². The maximum absolute atomic E-state index is 11.6. The van der Waals surface area contributed by atoms with Gasteiger partial charge in [0.05, 0.1) is 0 Å². The lowest BCUT2D eigenvalue weighted by Crippen LogP contribution is -2.47. The number of hydrogen-bond donors (Lipinski definition) is 3. The summed E-state index contributed by atoms with van der Waals surface area (Å²) in [5.41, 5.74) is 0. The van der Waals surface area contributed by atoms with Gasteiger partial charge in [0.15, 0.2) is 5.96 Å². The molecule has 1 saturated heterocycles. The first kappa shape index (κ1) is 21.3. The van der Waals surface area contributed by atoms with E-state index in [9.17, 15) is 4.79 Å². The van der Waals surface area contributed by atoms with Gasteiger partial charge in [-0.1, -0.05) is 0 Å². The smallest absolute Gasteiger partial charge is 0.225 e. The summed E-state index contributed by atoms with van der Waals surface area (Å²) < 4.78 is 0. The number of guanidine groups is 1. The number of aromatic nitrogens is 2. The minimum atomic E-state index is 0.188. The Balaban J connectivity index is 1.28. The summed E-state index contributed by atoms with van der Waals surface area (Å²) in [5, 5.41) is 9.51. The van der Waals surface area contributed by atoms with E-state index in [0.717, 1.165) is 77.0 Å². The second-order valence-corrected chi connectivity index (χ2v) is 7.48. The van der Waals surface area contributed by atoms with Crippen LogP contribution in [0.5, 0.6) is 0 Å². The highest BCUT2D eigenvalue weighted by molar-refractivity contribution is 5.81. The summed E-state index contributed by atoms with van der Waals surface area (Å²) in [6.45, 7) is 10.0. The van der Waals surface area contributed by atoms with Crippen molar-refractivity contribution in [3.05, 3.63) is 18.5 Å². The van der Waals surface area contributed by atoms with Crippen molar-refractivity contribution in [2.45, 2.75) is 26.2 Å². The zero-order valence-corrected chi connectivity index (χ0v) is 17.4. The van der Waals surface area contributed by atoms with Crippen molar-refractivity contribution < 1.29 is 4.79 Å². The zero-order chi connectivity index (χ0) is 20.3. The SMILES string of the molecule is CCNC(=NCCCN1CCN(c2ncccn2)CC1)NCCNC(=O)C1CC1. The van der Waals surface area contributed by atoms with Gasteiger partial charge in [-0.25, -0.2) is 9.97 Å². The maximum atomic E-state index is 11.6. The molecule has 9 heteroatoms. The third kappa shape index (κ3) is 7.49. The molecule has 3 N–H and O–H groups in total. The van der Waals surface area contributed by atoms with Crippen LogP contribution < -0.4 is 20.9 Å². The summed E-state index contributed by atoms with van der Waals surface area (Å²) >= 11 is 0. The van der Waals surface area contributed by atoms with Crippen molar-refractivity contribution in [2.75, 3.05) is 63.8 Å². The largest absolute Gasteiger partial charge is 0.357 e. The Hall–Kier alpha value is -2.42. The summed E-state index contributed by atoms with van der Waals surface area (Å²) in [6.07, 6.45) is 6.70. The number of aliphatic imine (C=N–C) groups is 1. The monoisotopic (exact) mass is 402 g/mol. The highest BCUT2D eigenvalue weighted by Crippen LogP contribution is 2.28. The molecule has 1 aromatic rings. The fourth-order valence-electron chi connectivity index (χ4n) is 3.31. The standard InChI is InChI=1S/C20H34N8O/c1-2-21-19(24-11-10-22-18(29)17-5-6-17)23-9-4-12-27-13-15-28(16-14-27)20-25-7-3-8-26-20/h3,7-8,17H,2,4-6,9-16H2,1H3,(H,22,29)(H2,21,23,24). The van der Waals surface area contributed by atoms with Crippen LogP contribution >= 0.6 is 0 Å². The quantitative estimate of drug-likeness (QED) is 0.289. The van der Waals surface area contributed by atoms with Crippen LogP contribution in [-0.2, 0) is 4.79 Å². The van der Waals surface area contributed by atoms with Crippen LogP contribution in [-0.4, -0.2) is 85.6 Å². The van der Waals surface area contributed by atoms with Gasteiger partial charge in [-0.15, -0.1) is 0 Å². The predicted molar refractivity (Wildman–Crippen MR) is 115 cm³/mol. The number of piperazine rings is 1. The summed E-state index contributed by atoms with van der Waals surface area (Å²) in [7, 11) is 0. The number of amides is 1. The van der Waals surface area contributed by atoms with Gasteiger partial charge >= 0.3 is 0 Å². The fraction of sp³-hybridized carbons (Fsp3) is 0.700. The zero-order valence-electron chi connectivity index (χ0n) is 17.4. The molecule has 0 unspecified atom stereocenters. The number of carbonyl (C=O) groups is 1. The molecule has 2 aliphatic rings. The van der Waals surface area contributed by atoms with Gasteiger partial charge < -0.3 is 20.9 Å². The van der Waals surface area contributed by atoms with Crippen LogP contribution in [0.4, 0.5) is 5.95 Å². The van der Waals surface area contributed by atoms with Crippen LogP contribution in [0.2, 0.25) is 0 Å². The lowest BCUT2D eigenvalue weighted by molar-refractivity contribution is -0.122. The molecule has 29 heavy (non-hydrogen) atoms. The molecule has 1 amide bonds. The molecule has 1 saturated carbocycles. The van der Waals surface area contributed by atoms with Crippen LogP contribution in [0.15, 0.2) is 23.5 Å². The number of anilines is 1. The summed E-state index contributed by atoms with van der Waals surface area (Å²) in [6, 6.07) is 1.85. The van der Waals surface area contributed by atoms with Gasteiger partial charge in [0.1, 0.15) is 0 Å². The molecule has 9 nitrogen and oxygen atoms in total. The van der Waals surface area contributed by atoms with E-state index in [-0.39, 0.29) is 11.8 Å². The summed E-state index contributed by atoms with van der Waals surface area (Å²) in [5.74, 6) is 2.09. The first-order valence-electron chi connectivity index (χ1n) is 10.8. The minimum absolute atomic E-state index is 0.188. The van der Waals surface area contributed by atoms with E-state index in [0.29, 0.717) is 13.1 Å². The lowest BCUT2D eigenvalue weighted by Gasteiger charge is -2.34. The van der Waals surface area contributed by atoms with E-state index < -0.39 is 0 Å². The normalized spacial score (nSPS) is 17.8. The number of rotatable bonds is 10. The highest BCUT2D eigenvalue weighted by Gasteiger charge is 2.28. The third-order valence-electron chi connectivity index (χ3n) is 5.12. The molecule has 160 valence electrons. The molecule has 1 aromatic heterocycles. The highest BCUT2D eigenvalue weighted by atomic mass is 16.2. The van der Waals surface area contributed by atoms with Gasteiger partial charge in [-0.2, -0.15) is 0 Å². The van der Waals surface area contributed by atoms with Crippen LogP contribution in [0, 0.1) is 5.92 Å². The first-order chi connectivity index (χ1) is 14.3. The Morgan fingerprint density at radius 3 is 2.52 bits per heavy atom. The van der Waals surface area contributed by atoms with Gasteiger partial charge in [-0.3, -0.25) is 14.7 Å². The number of hydrogen-bond acceptors (Lipinski definition) is 6. The molecular formula is C20H34N8O.